The first kappa shape index (κ1) is 20.4. The van der Waals surface area contributed by atoms with Crippen molar-refractivity contribution < 1.29 is 13.2 Å². The van der Waals surface area contributed by atoms with Crippen molar-refractivity contribution in [3.63, 3.8) is 0 Å². The first-order chi connectivity index (χ1) is 8.73. The van der Waals surface area contributed by atoms with Crippen molar-refractivity contribution >= 4 is 39.9 Å². The van der Waals surface area contributed by atoms with E-state index in [4.69, 9.17) is 13.2 Å². The van der Waals surface area contributed by atoms with E-state index in [9.17, 15) is 0 Å². The van der Waals surface area contributed by atoms with Crippen molar-refractivity contribution in [1.82, 2.24) is 0 Å². The van der Waals surface area contributed by atoms with E-state index in [1.165, 1.54) is 0 Å². The van der Waals surface area contributed by atoms with Crippen LogP contribution in [0.2, 0.25) is 0 Å². The van der Waals surface area contributed by atoms with Gasteiger partial charge in [-0.15, -0.1) is 0 Å². The number of hydrogen-bond donors (Lipinski definition) is 0. The van der Waals surface area contributed by atoms with Crippen molar-refractivity contribution in [2.45, 2.75) is 48.4 Å². The zero-order valence-corrected chi connectivity index (χ0v) is 17.6. The Morgan fingerprint density at radius 1 is 0.850 bits per heavy atom. The van der Waals surface area contributed by atoms with E-state index in [0.29, 0.717) is 6.84 Å². The number of halogens is 1. The summed E-state index contributed by atoms with van der Waals surface area (Å²) in [4.78, 5) is 0. The second-order valence-corrected chi connectivity index (χ2v) is 18.0. The molecular weight excluding hydrogens is 481 g/mol. The van der Waals surface area contributed by atoms with Crippen molar-refractivity contribution in [3.8, 4) is 0 Å². The minimum atomic E-state index is -6.10. The van der Waals surface area contributed by atoms with Crippen LogP contribution in [0.25, 0.3) is 0 Å². The first-order valence-electron chi connectivity index (χ1n) is 6.21. The third kappa shape index (κ3) is 9.40. The van der Waals surface area contributed by atoms with Crippen LogP contribution in [-0.2, 0) is 3.02 Å². The number of hydrogen-bond acceptors (Lipinski definition) is 4. The summed E-state index contributed by atoms with van der Waals surface area (Å²) in [6, 6.07) is 11.1. The molecule has 1 aromatic rings. The van der Waals surface area contributed by atoms with E-state index in [2.05, 4.69) is 71.9 Å². The van der Waals surface area contributed by atoms with E-state index in [0.717, 1.165) is 0 Å². The first-order valence-corrected chi connectivity index (χ1v) is 13.6. The number of benzene rings is 1. The van der Waals surface area contributed by atoms with Crippen molar-refractivity contribution in [2.75, 3.05) is 0 Å². The molecule has 0 heterocycles. The fourth-order valence-electron chi connectivity index (χ4n) is 2.05. The summed E-state index contributed by atoms with van der Waals surface area (Å²) in [5.74, 6) is 0. The molecule has 0 atom stereocenters. The average Bonchev–Trinajstić information content (AvgIpc) is 2.11. The quantitative estimate of drug-likeness (QED) is 0.324. The molecular formula is C14H23IO4Sb-3. The van der Waals surface area contributed by atoms with Gasteiger partial charge < -0.3 is 0 Å². The molecule has 0 bridgehead atoms. The fraction of sp³-hybridized carbons (Fsp3) is 0.571. The average molecular weight is 504 g/mol. The van der Waals surface area contributed by atoms with Gasteiger partial charge in [-0.1, -0.05) is 0 Å². The van der Waals surface area contributed by atoms with Gasteiger partial charge in [0.15, 0.2) is 0 Å². The molecule has 4 nitrogen and oxygen atoms in total. The summed E-state index contributed by atoms with van der Waals surface area (Å²) in [6.07, 6.45) is 0. The van der Waals surface area contributed by atoms with E-state index < -0.39 is 39.9 Å². The molecule has 20 heavy (non-hydrogen) atoms. The molecule has 1 rings (SSSR count). The molecule has 0 aliphatic heterocycles. The SMILES string of the molecule is CC(C)(C)I(c1ccccc1)C(C)(C)C.[O]=[Sb]([O-])([O-])[O-]. The van der Waals surface area contributed by atoms with Crippen LogP contribution in [-0.4, -0.2) is 26.9 Å². The molecule has 0 spiro atoms. The maximum atomic E-state index is 8.64. The Morgan fingerprint density at radius 2 is 1.15 bits per heavy atom. The van der Waals surface area contributed by atoms with E-state index in [1.807, 2.05) is 0 Å². The summed E-state index contributed by atoms with van der Waals surface area (Å²) >= 11 is -7.27. The molecule has 0 aliphatic rings. The zero-order chi connectivity index (χ0) is 16.2. The van der Waals surface area contributed by atoms with Crippen LogP contribution >= 0.6 is 19.8 Å². The Hall–Kier alpha value is 0.448. The topological polar surface area (TPSA) is 86.2 Å². The third-order valence-electron chi connectivity index (χ3n) is 2.09. The molecule has 0 unspecified atom stereocenters. The molecule has 0 saturated carbocycles. The van der Waals surface area contributed by atoms with Gasteiger partial charge in [0.1, 0.15) is 0 Å². The Morgan fingerprint density at radius 3 is 1.40 bits per heavy atom. The summed E-state index contributed by atoms with van der Waals surface area (Å²) in [6.45, 7) is 14.4. The summed E-state index contributed by atoms with van der Waals surface area (Å²) in [7, 11) is 0. The molecule has 0 saturated heterocycles. The van der Waals surface area contributed by atoms with Crippen LogP contribution < -0.4 is 10.2 Å². The fourth-order valence-corrected chi connectivity index (χ4v) is 11.8. The van der Waals surface area contributed by atoms with Crippen LogP contribution in [0.5, 0.6) is 0 Å². The third-order valence-corrected chi connectivity index (χ3v) is 10.5. The Balaban J connectivity index is 0.000000621. The predicted molar refractivity (Wildman–Crippen MR) is 85.1 cm³/mol. The second kappa shape index (κ2) is 7.63. The van der Waals surface area contributed by atoms with E-state index in [-0.39, 0.29) is 0 Å². The minimum absolute atomic E-state index is 0.462. The van der Waals surface area contributed by atoms with Gasteiger partial charge in [0.25, 0.3) is 0 Å². The molecule has 1 aromatic carbocycles. The molecule has 0 radical (unpaired) electrons. The standard InChI is InChI=1S/C14H23I.4O.Sb/c1-13(2,3)15(14(4,5)6)12-10-8-7-9-11-12;;;;;/h7-11H,1-6H3;;;;;/q;;3*-1;. The zero-order valence-electron chi connectivity index (χ0n) is 12.8. The van der Waals surface area contributed by atoms with Crippen molar-refractivity contribution in [3.05, 3.63) is 33.9 Å². The van der Waals surface area contributed by atoms with Crippen LogP contribution in [0.3, 0.4) is 0 Å². The van der Waals surface area contributed by atoms with E-state index >= 15 is 0 Å². The van der Waals surface area contributed by atoms with Gasteiger partial charge >= 0.3 is 135 Å². The van der Waals surface area contributed by atoms with Crippen LogP contribution in [0, 0.1) is 3.57 Å². The maximum absolute atomic E-state index is 8.64. The normalized spacial score (nSPS) is 13.3. The summed E-state index contributed by atoms with van der Waals surface area (Å²) in [5, 5.41) is 0. The molecule has 0 aromatic heterocycles. The molecule has 0 amide bonds. The Labute approximate surface area is 134 Å². The van der Waals surface area contributed by atoms with Gasteiger partial charge in [0.05, 0.1) is 0 Å². The summed E-state index contributed by atoms with van der Waals surface area (Å²) in [5.41, 5.74) is 0. The number of rotatable bonds is 1. The van der Waals surface area contributed by atoms with Gasteiger partial charge in [-0.05, 0) is 0 Å². The molecule has 0 fully saturated rings. The second-order valence-electron chi connectivity index (χ2n) is 6.16. The van der Waals surface area contributed by atoms with Crippen molar-refractivity contribution in [2.24, 2.45) is 0 Å². The van der Waals surface area contributed by atoms with Gasteiger partial charge in [-0.2, -0.15) is 0 Å². The van der Waals surface area contributed by atoms with Crippen LogP contribution in [0.4, 0.5) is 0 Å². The van der Waals surface area contributed by atoms with Gasteiger partial charge in [-0.3, -0.25) is 0 Å². The predicted octanol–water partition coefficient (Wildman–Crippen LogP) is 0.893. The van der Waals surface area contributed by atoms with Crippen LogP contribution in [0.1, 0.15) is 41.5 Å². The van der Waals surface area contributed by atoms with Gasteiger partial charge in [0.2, 0.25) is 0 Å². The summed E-state index contributed by atoms with van der Waals surface area (Å²) < 4.78 is 37.1. The Bertz CT molecular complexity index is 420. The number of alkyl halides is 2. The molecule has 0 N–H and O–H groups in total. The van der Waals surface area contributed by atoms with Crippen molar-refractivity contribution in [1.29, 1.82) is 0 Å². The van der Waals surface area contributed by atoms with E-state index in [1.54, 1.807) is 3.57 Å². The molecule has 0 aliphatic carbocycles. The van der Waals surface area contributed by atoms with Gasteiger partial charge in [-0.25, -0.2) is 0 Å². The monoisotopic (exact) mass is 503 g/mol. The molecule has 118 valence electrons. The molecule has 6 heteroatoms. The Kier molecular flexibility index (Phi) is 7.80. The van der Waals surface area contributed by atoms with Gasteiger partial charge in [0, 0.05) is 0 Å². The van der Waals surface area contributed by atoms with Crippen LogP contribution in [0.15, 0.2) is 30.3 Å².